The Hall–Kier alpha value is -1.93. The predicted octanol–water partition coefficient (Wildman–Crippen LogP) is 0.762. The van der Waals surface area contributed by atoms with Crippen LogP contribution in [0.15, 0.2) is 24.3 Å². The van der Waals surface area contributed by atoms with Crippen LogP contribution in [0.3, 0.4) is 0 Å². The molecule has 0 saturated carbocycles. The number of hydrogen-bond acceptors (Lipinski definition) is 2. The largest absolute Gasteiger partial charge is 0.452 e. The number of hydrogen-bond donors (Lipinski definition) is 0. The molecule has 0 saturated heterocycles. The average Bonchev–Trinajstić information content (AvgIpc) is 2.18. The fourth-order valence-corrected chi connectivity index (χ4v) is 1.29. The summed E-state index contributed by atoms with van der Waals surface area (Å²) in [5.74, 6) is -0.582. The van der Waals surface area contributed by atoms with Crippen LogP contribution in [0.25, 0.3) is 5.53 Å². The summed E-state index contributed by atoms with van der Waals surface area (Å²) >= 11 is 0. The van der Waals surface area contributed by atoms with Gasteiger partial charge in [-0.1, -0.05) is 18.2 Å². The van der Waals surface area contributed by atoms with E-state index in [9.17, 15) is 4.79 Å². The molecule has 1 aliphatic rings. The first kappa shape index (κ1) is 7.71. The van der Waals surface area contributed by atoms with Gasteiger partial charge in [-0.15, -0.1) is 0 Å². The minimum atomic E-state index is -0.582. The zero-order chi connectivity index (χ0) is 9.26. The van der Waals surface area contributed by atoms with Crippen LogP contribution < -0.4 is 0 Å². The topological polar surface area (TPSA) is 62.7 Å². The molecule has 1 heterocycles. The number of rotatable bonds is 0. The highest BCUT2D eigenvalue weighted by Crippen LogP contribution is 2.16. The standard InChI is InChI=1S/C9H6N2O2/c10-11-8-7-4-2-1-3-6(7)5-13-9(8)12/h1-4H,5H2. The molecule has 0 atom stereocenters. The molecule has 1 aliphatic heterocycles. The lowest BCUT2D eigenvalue weighted by Gasteiger charge is -2.10. The van der Waals surface area contributed by atoms with Gasteiger partial charge in [0.25, 0.3) is 0 Å². The normalized spacial score (nSPS) is 14.5. The molecular formula is C9H6N2O2. The second kappa shape index (κ2) is 2.84. The van der Waals surface area contributed by atoms with E-state index in [2.05, 4.69) is 4.79 Å². The Kier molecular flexibility index (Phi) is 1.69. The molecule has 1 aromatic carbocycles. The van der Waals surface area contributed by atoms with Gasteiger partial charge in [-0.3, -0.25) is 0 Å². The van der Waals surface area contributed by atoms with E-state index in [1.807, 2.05) is 12.1 Å². The Bertz CT molecular complexity index is 419. The summed E-state index contributed by atoms with van der Waals surface area (Å²) in [5.41, 5.74) is 10.1. The molecule has 4 heteroatoms. The Morgan fingerprint density at radius 2 is 2.15 bits per heavy atom. The SMILES string of the molecule is [N-]=[N+]=C1C(=O)OCc2ccccc21. The van der Waals surface area contributed by atoms with Crippen molar-refractivity contribution in [2.24, 2.45) is 0 Å². The highest BCUT2D eigenvalue weighted by molar-refractivity contribution is 6.41. The van der Waals surface area contributed by atoms with Gasteiger partial charge in [0.05, 0.1) is 5.56 Å². The summed E-state index contributed by atoms with van der Waals surface area (Å²) in [4.78, 5) is 14.0. The molecule has 0 N–H and O–H groups in total. The van der Waals surface area contributed by atoms with E-state index >= 15 is 0 Å². The molecule has 64 valence electrons. The van der Waals surface area contributed by atoms with Crippen LogP contribution in [0, 0.1) is 0 Å². The van der Waals surface area contributed by atoms with Gasteiger partial charge < -0.3 is 10.3 Å². The number of cyclic esters (lactones) is 1. The second-order valence-corrected chi connectivity index (χ2v) is 2.68. The number of benzene rings is 1. The fourth-order valence-electron chi connectivity index (χ4n) is 1.29. The molecule has 0 aliphatic carbocycles. The molecule has 0 bridgehead atoms. The van der Waals surface area contributed by atoms with Crippen LogP contribution in [0.2, 0.25) is 0 Å². The number of fused-ring (bicyclic) bond motifs is 1. The van der Waals surface area contributed by atoms with Crippen molar-refractivity contribution in [1.82, 2.24) is 0 Å². The first-order chi connectivity index (χ1) is 6.33. The maximum absolute atomic E-state index is 11.1. The Morgan fingerprint density at radius 1 is 1.38 bits per heavy atom. The lowest BCUT2D eigenvalue weighted by Crippen LogP contribution is -2.26. The molecule has 0 radical (unpaired) electrons. The van der Waals surface area contributed by atoms with Crippen molar-refractivity contribution in [3.63, 3.8) is 0 Å². The Labute approximate surface area is 74.4 Å². The first-order valence-electron chi connectivity index (χ1n) is 3.80. The van der Waals surface area contributed by atoms with Crippen molar-refractivity contribution in [1.29, 1.82) is 0 Å². The van der Waals surface area contributed by atoms with Gasteiger partial charge in [-0.2, -0.15) is 4.79 Å². The van der Waals surface area contributed by atoms with Crippen LogP contribution >= 0.6 is 0 Å². The molecule has 0 amide bonds. The van der Waals surface area contributed by atoms with Crippen molar-refractivity contribution in [2.45, 2.75) is 6.61 Å². The summed E-state index contributed by atoms with van der Waals surface area (Å²) in [6, 6.07) is 7.17. The van der Waals surface area contributed by atoms with Crippen molar-refractivity contribution < 1.29 is 14.3 Å². The molecule has 4 nitrogen and oxygen atoms in total. The number of esters is 1. The van der Waals surface area contributed by atoms with Crippen molar-refractivity contribution >= 4 is 11.7 Å². The molecule has 0 fully saturated rings. The van der Waals surface area contributed by atoms with Gasteiger partial charge in [-0.05, 0) is 6.07 Å². The fraction of sp³-hybridized carbons (Fsp3) is 0.111. The van der Waals surface area contributed by atoms with Crippen molar-refractivity contribution in [2.75, 3.05) is 0 Å². The van der Waals surface area contributed by atoms with E-state index in [0.29, 0.717) is 5.56 Å². The highest BCUT2D eigenvalue weighted by Gasteiger charge is 2.31. The lowest BCUT2D eigenvalue weighted by atomic mass is 10.0. The van der Waals surface area contributed by atoms with Crippen LogP contribution in [-0.2, 0) is 16.1 Å². The third-order valence-electron chi connectivity index (χ3n) is 1.92. The summed E-state index contributed by atoms with van der Waals surface area (Å²) in [6.07, 6.45) is 0. The predicted molar refractivity (Wildman–Crippen MR) is 44.0 cm³/mol. The number of ether oxygens (including phenoxy) is 1. The zero-order valence-corrected chi connectivity index (χ0v) is 6.73. The summed E-state index contributed by atoms with van der Waals surface area (Å²) < 4.78 is 4.78. The van der Waals surface area contributed by atoms with Gasteiger partial charge in [-0.25, -0.2) is 4.79 Å². The Morgan fingerprint density at radius 3 is 2.92 bits per heavy atom. The molecular weight excluding hydrogens is 168 g/mol. The van der Waals surface area contributed by atoms with E-state index in [1.54, 1.807) is 12.1 Å². The number of carbonyl (C=O) groups excluding carboxylic acids is 1. The van der Waals surface area contributed by atoms with Crippen LogP contribution in [0.1, 0.15) is 11.1 Å². The van der Waals surface area contributed by atoms with Crippen LogP contribution in [-0.4, -0.2) is 16.5 Å². The molecule has 13 heavy (non-hydrogen) atoms. The third-order valence-corrected chi connectivity index (χ3v) is 1.92. The van der Waals surface area contributed by atoms with Crippen LogP contribution in [0.5, 0.6) is 0 Å². The van der Waals surface area contributed by atoms with Crippen molar-refractivity contribution in [3.8, 4) is 0 Å². The van der Waals surface area contributed by atoms with Gasteiger partial charge in [0.1, 0.15) is 6.61 Å². The highest BCUT2D eigenvalue weighted by atomic mass is 16.5. The third kappa shape index (κ3) is 1.13. The molecule has 0 unspecified atom stereocenters. The van der Waals surface area contributed by atoms with Crippen molar-refractivity contribution in [3.05, 3.63) is 40.9 Å². The summed E-state index contributed by atoms with van der Waals surface area (Å²) in [7, 11) is 0. The van der Waals surface area contributed by atoms with Gasteiger partial charge >= 0.3 is 11.7 Å². The molecule has 1 aromatic rings. The zero-order valence-electron chi connectivity index (χ0n) is 6.73. The van der Waals surface area contributed by atoms with E-state index in [0.717, 1.165) is 5.56 Å². The van der Waals surface area contributed by atoms with Gasteiger partial charge in [0.15, 0.2) is 0 Å². The van der Waals surface area contributed by atoms with E-state index in [1.165, 1.54) is 0 Å². The first-order valence-corrected chi connectivity index (χ1v) is 3.80. The average molecular weight is 174 g/mol. The summed E-state index contributed by atoms with van der Waals surface area (Å²) in [6.45, 7) is 0.244. The monoisotopic (exact) mass is 174 g/mol. The van der Waals surface area contributed by atoms with E-state index in [-0.39, 0.29) is 12.3 Å². The molecule has 0 aromatic heterocycles. The van der Waals surface area contributed by atoms with Gasteiger partial charge in [0.2, 0.25) is 0 Å². The lowest BCUT2D eigenvalue weighted by molar-refractivity contribution is -0.142. The van der Waals surface area contributed by atoms with E-state index < -0.39 is 5.97 Å². The number of nitrogens with zero attached hydrogens (tertiary/aromatic N) is 2. The minimum absolute atomic E-state index is 0.0261. The quantitative estimate of drug-likeness (QED) is 0.331. The summed E-state index contributed by atoms with van der Waals surface area (Å²) in [5, 5.41) is 0. The van der Waals surface area contributed by atoms with E-state index in [4.69, 9.17) is 10.3 Å². The Balaban J connectivity index is 2.65. The van der Waals surface area contributed by atoms with Crippen LogP contribution in [0.4, 0.5) is 0 Å². The molecule has 2 rings (SSSR count). The molecule has 0 spiro atoms. The second-order valence-electron chi connectivity index (χ2n) is 2.68. The van der Waals surface area contributed by atoms with Gasteiger partial charge in [0, 0.05) is 5.56 Å². The number of carbonyl (C=O) groups is 1. The minimum Gasteiger partial charge on any atom is -0.452 e. The maximum Gasteiger partial charge on any atom is 0.422 e. The maximum atomic E-state index is 11.1. The smallest absolute Gasteiger partial charge is 0.422 e.